The molecular formula is C10H7BrN4. The van der Waals surface area contributed by atoms with Crippen LogP contribution < -0.4 is 0 Å². The Balaban J connectivity index is 2.61. The van der Waals surface area contributed by atoms with Gasteiger partial charge in [-0.1, -0.05) is 0 Å². The van der Waals surface area contributed by atoms with Crippen molar-refractivity contribution in [2.75, 3.05) is 0 Å². The van der Waals surface area contributed by atoms with E-state index in [1.165, 1.54) is 0 Å². The molecule has 5 heteroatoms. The fourth-order valence-corrected chi connectivity index (χ4v) is 1.51. The quantitative estimate of drug-likeness (QED) is 0.792. The van der Waals surface area contributed by atoms with Crippen molar-refractivity contribution in [1.82, 2.24) is 14.8 Å². The average molecular weight is 263 g/mol. The Bertz CT molecular complexity index is 539. The standard InChI is InChI=1S/C10H7BrN4/c1-7-2-3-8(4-12)10(14-7)15-6-9(11)5-13-15/h2-3,5-6H,1H3. The highest BCUT2D eigenvalue weighted by Gasteiger charge is 2.07. The molecule has 0 bridgehead atoms. The summed E-state index contributed by atoms with van der Waals surface area (Å²) in [5.41, 5.74) is 1.37. The van der Waals surface area contributed by atoms with Crippen LogP contribution in [0.25, 0.3) is 5.82 Å². The molecule has 15 heavy (non-hydrogen) atoms. The number of hydrogen-bond acceptors (Lipinski definition) is 3. The van der Waals surface area contributed by atoms with Gasteiger partial charge in [-0.15, -0.1) is 0 Å². The molecule has 0 aliphatic rings. The Labute approximate surface area is 95.3 Å². The second-order valence-electron chi connectivity index (χ2n) is 3.04. The molecule has 0 amide bonds. The average Bonchev–Trinajstić information content (AvgIpc) is 2.65. The molecule has 0 saturated heterocycles. The first-order valence-corrected chi connectivity index (χ1v) is 5.08. The van der Waals surface area contributed by atoms with Crippen molar-refractivity contribution in [2.45, 2.75) is 6.92 Å². The molecule has 0 aliphatic heterocycles. The van der Waals surface area contributed by atoms with E-state index in [1.807, 2.05) is 6.92 Å². The summed E-state index contributed by atoms with van der Waals surface area (Å²) < 4.78 is 2.44. The molecule has 0 aromatic carbocycles. The number of aromatic nitrogens is 3. The predicted octanol–water partition coefficient (Wildman–Crippen LogP) is 2.21. The first kappa shape index (κ1) is 9.87. The number of pyridine rings is 1. The van der Waals surface area contributed by atoms with E-state index in [4.69, 9.17) is 5.26 Å². The summed E-state index contributed by atoms with van der Waals surface area (Å²) in [5.74, 6) is 0.559. The molecule has 0 atom stereocenters. The van der Waals surface area contributed by atoms with E-state index in [1.54, 1.807) is 29.2 Å². The molecule has 2 heterocycles. The molecule has 2 aromatic heterocycles. The number of rotatable bonds is 1. The smallest absolute Gasteiger partial charge is 0.171 e. The van der Waals surface area contributed by atoms with Crippen LogP contribution in [0.4, 0.5) is 0 Å². The number of nitriles is 1. The SMILES string of the molecule is Cc1ccc(C#N)c(-n2cc(Br)cn2)n1. The van der Waals surface area contributed by atoms with Crippen molar-refractivity contribution in [3.05, 3.63) is 40.3 Å². The number of halogens is 1. The highest BCUT2D eigenvalue weighted by molar-refractivity contribution is 9.10. The summed E-state index contributed by atoms with van der Waals surface area (Å²) in [7, 11) is 0. The van der Waals surface area contributed by atoms with E-state index in [0.717, 1.165) is 10.2 Å². The number of aryl methyl sites for hydroxylation is 1. The molecule has 2 rings (SSSR count). The minimum Gasteiger partial charge on any atom is -0.233 e. The lowest BCUT2D eigenvalue weighted by Crippen LogP contribution is -2.02. The normalized spacial score (nSPS) is 9.93. The summed E-state index contributed by atoms with van der Waals surface area (Å²) in [5, 5.41) is 13.0. The Morgan fingerprint density at radius 1 is 1.47 bits per heavy atom. The van der Waals surface area contributed by atoms with Crippen molar-refractivity contribution < 1.29 is 0 Å². The first-order chi connectivity index (χ1) is 7.20. The van der Waals surface area contributed by atoms with Crippen LogP contribution in [0.15, 0.2) is 29.0 Å². The van der Waals surface area contributed by atoms with Crippen molar-refractivity contribution >= 4 is 15.9 Å². The van der Waals surface area contributed by atoms with Gasteiger partial charge in [0.15, 0.2) is 5.82 Å². The minimum absolute atomic E-state index is 0.510. The fraction of sp³-hybridized carbons (Fsp3) is 0.100. The molecule has 74 valence electrons. The second kappa shape index (κ2) is 3.83. The van der Waals surface area contributed by atoms with Gasteiger partial charge in [0, 0.05) is 11.9 Å². The minimum atomic E-state index is 0.510. The molecule has 2 aromatic rings. The molecule has 0 unspecified atom stereocenters. The van der Waals surface area contributed by atoms with E-state index in [0.29, 0.717) is 11.4 Å². The third-order valence-electron chi connectivity index (χ3n) is 1.90. The Hall–Kier alpha value is -1.67. The molecule has 0 spiro atoms. The summed E-state index contributed by atoms with van der Waals surface area (Å²) in [4.78, 5) is 4.28. The van der Waals surface area contributed by atoms with Gasteiger partial charge in [-0.2, -0.15) is 10.4 Å². The lowest BCUT2D eigenvalue weighted by molar-refractivity contribution is 0.837. The fourth-order valence-electron chi connectivity index (χ4n) is 1.22. The maximum Gasteiger partial charge on any atom is 0.171 e. The monoisotopic (exact) mass is 262 g/mol. The van der Waals surface area contributed by atoms with Crippen molar-refractivity contribution in [3.8, 4) is 11.9 Å². The molecular weight excluding hydrogens is 256 g/mol. The number of nitrogens with zero attached hydrogens (tertiary/aromatic N) is 4. The first-order valence-electron chi connectivity index (χ1n) is 4.29. The van der Waals surface area contributed by atoms with Gasteiger partial charge in [0.2, 0.25) is 0 Å². The maximum absolute atomic E-state index is 8.93. The van der Waals surface area contributed by atoms with Crippen molar-refractivity contribution in [3.63, 3.8) is 0 Å². The van der Waals surface area contributed by atoms with Crippen molar-refractivity contribution in [2.24, 2.45) is 0 Å². The topological polar surface area (TPSA) is 54.5 Å². The maximum atomic E-state index is 8.93. The van der Waals surface area contributed by atoms with Crippen LogP contribution in [0.5, 0.6) is 0 Å². The number of hydrogen-bond donors (Lipinski definition) is 0. The highest BCUT2D eigenvalue weighted by atomic mass is 79.9. The van der Waals surface area contributed by atoms with Gasteiger partial charge < -0.3 is 0 Å². The highest BCUT2D eigenvalue weighted by Crippen LogP contribution is 2.14. The summed E-state index contributed by atoms with van der Waals surface area (Å²) >= 11 is 3.30. The summed E-state index contributed by atoms with van der Waals surface area (Å²) in [6.07, 6.45) is 3.42. The van der Waals surface area contributed by atoms with Gasteiger partial charge in [0.05, 0.1) is 16.2 Å². The molecule has 0 saturated carbocycles. The van der Waals surface area contributed by atoms with E-state index in [-0.39, 0.29) is 0 Å². The van der Waals surface area contributed by atoms with Crippen LogP contribution in [0.2, 0.25) is 0 Å². The van der Waals surface area contributed by atoms with Crippen LogP contribution in [0.1, 0.15) is 11.3 Å². The third kappa shape index (κ3) is 1.90. The Morgan fingerprint density at radius 3 is 2.87 bits per heavy atom. The lowest BCUT2D eigenvalue weighted by Gasteiger charge is -2.03. The van der Waals surface area contributed by atoms with E-state index in [2.05, 4.69) is 32.1 Å². The van der Waals surface area contributed by atoms with Gasteiger partial charge in [-0.05, 0) is 35.0 Å². The predicted molar refractivity (Wildman–Crippen MR) is 58.5 cm³/mol. The van der Waals surface area contributed by atoms with E-state index >= 15 is 0 Å². The van der Waals surface area contributed by atoms with Crippen LogP contribution in [-0.2, 0) is 0 Å². The Morgan fingerprint density at radius 2 is 2.27 bits per heavy atom. The van der Waals surface area contributed by atoms with E-state index in [9.17, 15) is 0 Å². The zero-order valence-electron chi connectivity index (χ0n) is 7.98. The molecule has 0 aliphatic carbocycles. The van der Waals surface area contributed by atoms with Crippen molar-refractivity contribution in [1.29, 1.82) is 5.26 Å². The van der Waals surface area contributed by atoms with Gasteiger partial charge >= 0.3 is 0 Å². The van der Waals surface area contributed by atoms with Gasteiger partial charge in [-0.25, -0.2) is 9.67 Å². The van der Waals surface area contributed by atoms with Gasteiger partial charge in [-0.3, -0.25) is 0 Å². The second-order valence-corrected chi connectivity index (χ2v) is 3.95. The molecule has 0 fully saturated rings. The third-order valence-corrected chi connectivity index (χ3v) is 2.31. The van der Waals surface area contributed by atoms with Gasteiger partial charge in [0.25, 0.3) is 0 Å². The van der Waals surface area contributed by atoms with E-state index < -0.39 is 0 Å². The Kier molecular flexibility index (Phi) is 2.52. The summed E-state index contributed by atoms with van der Waals surface area (Å²) in [6, 6.07) is 5.64. The largest absolute Gasteiger partial charge is 0.233 e. The molecule has 4 nitrogen and oxygen atoms in total. The summed E-state index contributed by atoms with van der Waals surface area (Å²) in [6.45, 7) is 1.88. The van der Waals surface area contributed by atoms with Crippen LogP contribution >= 0.6 is 15.9 Å². The lowest BCUT2D eigenvalue weighted by atomic mass is 10.2. The van der Waals surface area contributed by atoms with Gasteiger partial charge in [0.1, 0.15) is 6.07 Å². The zero-order chi connectivity index (χ0) is 10.8. The van der Waals surface area contributed by atoms with Crippen LogP contribution in [0.3, 0.4) is 0 Å². The zero-order valence-corrected chi connectivity index (χ0v) is 9.56. The molecule has 0 N–H and O–H groups in total. The van der Waals surface area contributed by atoms with Crippen LogP contribution in [-0.4, -0.2) is 14.8 Å². The molecule has 0 radical (unpaired) electrons. The van der Waals surface area contributed by atoms with Crippen LogP contribution in [0, 0.1) is 18.3 Å².